The zero-order chi connectivity index (χ0) is 52.0. The van der Waals surface area contributed by atoms with Crippen molar-refractivity contribution in [3.8, 4) is 0 Å². The third-order valence-electron chi connectivity index (χ3n) is 12.2. The van der Waals surface area contributed by atoms with Gasteiger partial charge in [-0.15, -0.1) is 0 Å². The van der Waals surface area contributed by atoms with Gasteiger partial charge in [-0.05, 0) is 52.4 Å². The number of carboxylic acid groups (broad SMARTS) is 1. The number of carboxylic acids is 1. The first-order valence-corrected chi connectivity index (χ1v) is 25.6. The first kappa shape index (κ1) is 62.1. The van der Waals surface area contributed by atoms with E-state index in [-0.39, 0.29) is 38.0 Å². The number of fused-ring (bicyclic) bond motifs is 2. The third-order valence-corrected chi connectivity index (χ3v) is 12.2. The molecule has 20 heteroatoms. The summed E-state index contributed by atoms with van der Waals surface area (Å²) in [4.78, 5) is 25.1. The van der Waals surface area contributed by atoms with Gasteiger partial charge in [0.15, 0.2) is 12.1 Å². The number of carbonyl (C=O) groups is 2. The van der Waals surface area contributed by atoms with Gasteiger partial charge in [-0.2, -0.15) is 0 Å². The number of aliphatic hydroxyl groups is 10. The fourth-order valence-electron chi connectivity index (χ4n) is 8.11. The summed E-state index contributed by atoms with van der Waals surface area (Å²) >= 11 is 0. The van der Waals surface area contributed by atoms with Crippen molar-refractivity contribution in [3.05, 3.63) is 72.9 Å². The summed E-state index contributed by atoms with van der Waals surface area (Å²) in [6, 6.07) is -1.14. The lowest BCUT2D eigenvalue weighted by atomic mass is 9.82. The normalized spacial score (nSPS) is 43.1. The molecule has 0 aliphatic carbocycles. The first-order chi connectivity index (χ1) is 32.3. The second-order valence-corrected chi connectivity index (χ2v) is 20.1. The van der Waals surface area contributed by atoms with Gasteiger partial charge in [-0.3, -0.25) is 13.8 Å². The van der Waals surface area contributed by atoms with Crippen LogP contribution in [0.5, 0.6) is 0 Å². The van der Waals surface area contributed by atoms with Crippen molar-refractivity contribution in [2.24, 2.45) is 23.5 Å². The first-order valence-electron chi connectivity index (χ1n) is 23.6. The number of hydrogen-bond acceptors (Lipinski definition) is 18. The van der Waals surface area contributed by atoms with Crippen LogP contribution in [-0.4, -0.2) is 182 Å². The highest BCUT2D eigenvalue weighted by Gasteiger charge is 2.51. The number of aliphatic carboxylic acids is 1. The van der Waals surface area contributed by atoms with E-state index in [1.54, 1.807) is 50.7 Å². The van der Waals surface area contributed by atoms with Crippen LogP contribution < -0.4 is 5.73 Å². The van der Waals surface area contributed by atoms with Crippen molar-refractivity contribution in [2.75, 3.05) is 12.5 Å². The largest absolute Gasteiger partial charge is 0.481 e. The molecule has 13 N–H and O–H groups in total. The number of aliphatic hydroxyl groups excluding tert-OH is 9. The molecular weight excluding hydrogens is 923 g/mol. The minimum atomic E-state index is -2.35. The molecule has 2 fully saturated rings. The van der Waals surface area contributed by atoms with Crippen molar-refractivity contribution in [2.45, 2.75) is 189 Å². The minimum Gasteiger partial charge on any atom is -0.481 e. The zero-order valence-corrected chi connectivity index (χ0v) is 41.5. The molecule has 0 radical (unpaired) electrons. The molecule has 3 rings (SSSR count). The second-order valence-electron chi connectivity index (χ2n) is 18.6. The summed E-state index contributed by atoms with van der Waals surface area (Å²) in [5, 5.41) is 118. The van der Waals surface area contributed by atoms with Crippen LogP contribution in [0.4, 0.5) is 0 Å². The van der Waals surface area contributed by atoms with Crippen LogP contribution in [0.1, 0.15) is 91.9 Å². The molecule has 0 amide bonds. The second kappa shape index (κ2) is 31.4. The Kier molecular flexibility index (Phi) is 28.3. The third kappa shape index (κ3) is 22.9. The number of esters is 1. The Hall–Kier alpha value is -3.03. The van der Waals surface area contributed by atoms with Gasteiger partial charge in [0.1, 0.15) is 18.1 Å². The Morgan fingerprint density at radius 1 is 0.710 bits per heavy atom. The van der Waals surface area contributed by atoms with Gasteiger partial charge < -0.3 is 80.9 Å². The SMILES string of the molecule is CS(C)=O.C[C@@H]1[C@H](O)[C@@H](C)/C=C\C=C/CC\C=C/C=C\C=C/C=C/[C@H](O[C@H]2O[C@@H](C)[C@H](O)[C@@H](N)[C@H]2O)C[C@@H]2O[C@](O)(C[C@@H](O)[C@H](O)CC[C@@H](O)C[C@@H](O)C[C@@H](O)CC(=O)O[C@H]1C)C[C@H](O)[C@H]2C(=O)O. The number of allylic oxidation sites excluding steroid dienone is 10. The summed E-state index contributed by atoms with van der Waals surface area (Å²) in [6.07, 6.45) is 5.56. The molecule has 0 saturated carbocycles. The fraction of sp³-hybridized carbons (Fsp3) is 0.714. The highest BCUT2D eigenvalue weighted by Crippen LogP contribution is 2.38. The van der Waals surface area contributed by atoms with Crippen LogP contribution >= 0.6 is 0 Å². The smallest absolute Gasteiger partial charge is 0.311 e. The lowest BCUT2D eigenvalue weighted by Crippen LogP contribution is -2.61. The van der Waals surface area contributed by atoms with E-state index in [1.807, 2.05) is 49.5 Å². The average Bonchev–Trinajstić information content (AvgIpc) is 3.24. The molecule has 19 atom stereocenters. The van der Waals surface area contributed by atoms with Gasteiger partial charge in [0.05, 0.1) is 79.6 Å². The molecular formula is C49H81NO18S. The molecule has 2 saturated heterocycles. The molecule has 3 aliphatic heterocycles. The van der Waals surface area contributed by atoms with Crippen LogP contribution in [0.25, 0.3) is 0 Å². The van der Waals surface area contributed by atoms with Gasteiger partial charge in [-0.1, -0.05) is 86.8 Å². The predicted molar refractivity (Wildman–Crippen MR) is 257 cm³/mol. The molecule has 19 nitrogen and oxygen atoms in total. The monoisotopic (exact) mass is 1000 g/mol. The number of nitrogens with two attached hydrogens (primary N) is 1. The molecule has 0 unspecified atom stereocenters. The lowest BCUT2D eigenvalue weighted by molar-refractivity contribution is -0.310. The number of ether oxygens (including phenoxy) is 4. The number of rotatable bonds is 3. The van der Waals surface area contributed by atoms with Crippen molar-refractivity contribution in [1.82, 2.24) is 0 Å². The summed E-state index contributed by atoms with van der Waals surface area (Å²) in [7, 11) is -0.611. The Morgan fingerprint density at radius 3 is 1.88 bits per heavy atom. The van der Waals surface area contributed by atoms with E-state index in [0.717, 1.165) is 12.8 Å². The standard InChI is InChI=1S/C47H75NO17.C2H6OS/c1-27-17-15-13-11-9-7-5-6-8-10-12-14-16-18-34(64-46-44(58)41(48)43(57)30(4)63-46)24-38-40(45(59)60)37(54)26-47(61,65-38)25-36(53)35(52)20-19-31(49)21-32(50)22-33(51)23-39(55)62-29(3)28(2)42(27)56;1-4(2)3/h5-6,8,10-18,27-38,40-44,46,49-54,56-58,61H,7,9,19-26,48H2,1-4H3,(H,59,60);1-2H3/b6-5-,10-8-,13-11-,14-12-,17-15-,18-16+;/t27-,28-,29-,30-,31+,32+,33+,34-,35+,36+,37-,38-,40+,41+,42+,43-,44+,46+,47+;/m0./s1. The highest BCUT2D eigenvalue weighted by atomic mass is 32.2. The Morgan fingerprint density at radius 2 is 1.26 bits per heavy atom. The van der Waals surface area contributed by atoms with Crippen molar-refractivity contribution >= 4 is 22.7 Å². The molecule has 0 spiro atoms. The Bertz CT molecular complexity index is 1720. The summed E-state index contributed by atoms with van der Waals surface area (Å²) in [5.74, 6) is -6.82. The van der Waals surface area contributed by atoms with Gasteiger partial charge in [-0.25, -0.2) is 0 Å². The van der Waals surface area contributed by atoms with E-state index in [1.165, 1.54) is 13.0 Å². The van der Waals surface area contributed by atoms with Crippen LogP contribution in [0.2, 0.25) is 0 Å². The Labute approximate surface area is 408 Å². The van der Waals surface area contributed by atoms with Crippen LogP contribution in [0, 0.1) is 17.8 Å². The number of carbonyl (C=O) groups excluding carboxylic acids is 1. The fourth-order valence-corrected chi connectivity index (χ4v) is 8.11. The lowest BCUT2D eigenvalue weighted by Gasteiger charge is -2.45. The molecule has 0 aromatic heterocycles. The molecule has 0 aromatic rings. The zero-order valence-electron chi connectivity index (χ0n) is 40.7. The molecule has 396 valence electrons. The predicted octanol–water partition coefficient (Wildman–Crippen LogP) is 0.930. The van der Waals surface area contributed by atoms with E-state index < -0.39 is 151 Å². The van der Waals surface area contributed by atoms with Gasteiger partial charge in [0.2, 0.25) is 0 Å². The van der Waals surface area contributed by atoms with Crippen LogP contribution in [0.3, 0.4) is 0 Å². The van der Waals surface area contributed by atoms with Crippen molar-refractivity contribution in [1.29, 1.82) is 0 Å². The van der Waals surface area contributed by atoms with Crippen LogP contribution in [-0.2, 0) is 39.3 Å². The summed E-state index contributed by atoms with van der Waals surface area (Å²) in [5.41, 5.74) is 6.02. The van der Waals surface area contributed by atoms with E-state index >= 15 is 0 Å². The number of cyclic esters (lactones) is 1. The van der Waals surface area contributed by atoms with E-state index in [9.17, 15) is 70.0 Å². The molecule has 2 bridgehead atoms. The van der Waals surface area contributed by atoms with E-state index in [0.29, 0.717) is 0 Å². The van der Waals surface area contributed by atoms with Gasteiger partial charge in [0, 0.05) is 54.4 Å². The van der Waals surface area contributed by atoms with E-state index in [2.05, 4.69) is 0 Å². The molecule has 3 heterocycles. The Balaban J connectivity index is 0.00000392. The summed E-state index contributed by atoms with van der Waals surface area (Å²) in [6.45, 7) is 6.78. The maximum atomic E-state index is 12.6. The maximum Gasteiger partial charge on any atom is 0.311 e. The van der Waals surface area contributed by atoms with Crippen molar-refractivity contribution < 1.29 is 88.9 Å². The van der Waals surface area contributed by atoms with Crippen molar-refractivity contribution in [3.63, 3.8) is 0 Å². The summed E-state index contributed by atoms with van der Waals surface area (Å²) < 4.78 is 32.7. The average molecular weight is 1000 g/mol. The van der Waals surface area contributed by atoms with Gasteiger partial charge >= 0.3 is 11.9 Å². The topological polar surface area (TPSA) is 337 Å². The molecule has 69 heavy (non-hydrogen) atoms. The van der Waals surface area contributed by atoms with E-state index in [4.69, 9.17) is 24.7 Å². The highest BCUT2D eigenvalue weighted by molar-refractivity contribution is 7.83. The van der Waals surface area contributed by atoms with Crippen LogP contribution in [0.15, 0.2) is 72.9 Å². The number of hydrogen-bond donors (Lipinski definition) is 12. The van der Waals surface area contributed by atoms with Gasteiger partial charge in [0.25, 0.3) is 0 Å². The minimum absolute atomic E-state index is 0.138. The maximum absolute atomic E-state index is 12.6. The molecule has 0 aromatic carbocycles. The quantitative estimate of drug-likeness (QED) is 0.175. The molecule has 3 aliphatic rings.